The third-order valence-electron chi connectivity index (χ3n) is 3.53. The molecule has 1 unspecified atom stereocenters. The molecule has 1 aromatic rings. The predicted molar refractivity (Wildman–Crippen MR) is 82.0 cm³/mol. The van der Waals surface area contributed by atoms with Gasteiger partial charge in [-0.15, -0.1) is 0 Å². The van der Waals surface area contributed by atoms with Gasteiger partial charge in [0, 0.05) is 16.6 Å². The van der Waals surface area contributed by atoms with Crippen LogP contribution in [0.3, 0.4) is 0 Å². The van der Waals surface area contributed by atoms with E-state index in [4.69, 9.17) is 11.6 Å². The minimum atomic E-state index is 0.174. The van der Waals surface area contributed by atoms with Crippen LogP contribution in [0.25, 0.3) is 0 Å². The summed E-state index contributed by atoms with van der Waals surface area (Å²) in [4.78, 5) is 14.5. The van der Waals surface area contributed by atoms with E-state index in [0.29, 0.717) is 17.6 Å². The molecule has 19 heavy (non-hydrogen) atoms. The second-order valence-corrected chi connectivity index (χ2v) is 5.45. The Labute approximate surface area is 121 Å². The third kappa shape index (κ3) is 5.33. The monoisotopic (exact) mass is 281 g/mol. The van der Waals surface area contributed by atoms with Crippen LogP contribution < -0.4 is 0 Å². The molecule has 0 N–H and O–H groups in total. The van der Waals surface area contributed by atoms with Crippen molar-refractivity contribution in [1.29, 1.82) is 0 Å². The molecular weight excluding hydrogens is 258 g/mol. The first kappa shape index (κ1) is 16.2. The molecule has 0 aromatic heterocycles. The molecule has 0 amide bonds. The van der Waals surface area contributed by atoms with E-state index in [1.54, 1.807) is 24.3 Å². The van der Waals surface area contributed by atoms with Crippen LogP contribution in [0.15, 0.2) is 24.3 Å². The Bertz CT molecular complexity index is 388. The van der Waals surface area contributed by atoms with Gasteiger partial charge in [-0.25, -0.2) is 0 Å². The Hall–Kier alpha value is -0.860. The zero-order valence-corrected chi connectivity index (χ0v) is 12.9. The summed E-state index contributed by atoms with van der Waals surface area (Å²) in [5.41, 5.74) is 0.745. The van der Waals surface area contributed by atoms with Gasteiger partial charge in [0.1, 0.15) is 0 Å². The molecule has 1 atom stereocenters. The average molecular weight is 282 g/mol. The van der Waals surface area contributed by atoms with Crippen LogP contribution in [-0.2, 0) is 0 Å². The number of halogens is 1. The van der Waals surface area contributed by atoms with Gasteiger partial charge in [0.15, 0.2) is 5.78 Å². The molecule has 0 aliphatic heterocycles. The maximum atomic E-state index is 12.3. The van der Waals surface area contributed by atoms with E-state index in [2.05, 4.69) is 25.7 Å². The average Bonchev–Trinajstić information content (AvgIpc) is 2.43. The highest BCUT2D eigenvalue weighted by atomic mass is 35.5. The normalized spacial score (nSPS) is 12.7. The van der Waals surface area contributed by atoms with E-state index in [1.165, 1.54) is 0 Å². The molecule has 0 heterocycles. The molecule has 0 bridgehead atoms. The summed E-state index contributed by atoms with van der Waals surface area (Å²) >= 11 is 5.84. The van der Waals surface area contributed by atoms with Crippen molar-refractivity contribution in [3.05, 3.63) is 34.9 Å². The smallest absolute Gasteiger partial charge is 0.176 e. The molecule has 0 aliphatic rings. The quantitative estimate of drug-likeness (QED) is 0.657. The van der Waals surface area contributed by atoms with Gasteiger partial charge in [-0.1, -0.05) is 31.9 Å². The molecule has 1 rings (SSSR count). The molecule has 1 aromatic carbocycles. The molecule has 0 spiro atoms. The highest BCUT2D eigenvalue weighted by Crippen LogP contribution is 2.12. The molecule has 2 nitrogen and oxygen atoms in total. The van der Waals surface area contributed by atoms with Gasteiger partial charge < -0.3 is 0 Å². The molecule has 0 saturated carbocycles. The van der Waals surface area contributed by atoms with Gasteiger partial charge in [0.25, 0.3) is 0 Å². The van der Waals surface area contributed by atoms with Gasteiger partial charge in [-0.3, -0.25) is 9.69 Å². The first-order chi connectivity index (χ1) is 9.08. The SMILES string of the molecule is CCCCN(CC(=O)c1ccc(Cl)cc1)C(C)CC. The largest absolute Gasteiger partial charge is 0.293 e. The van der Waals surface area contributed by atoms with Gasteiger partial charge in [0.05, 0.1) is 6.54 Å². The second-order valence-electron chi connectivity index (χ2n) is 5.01. The Kier molecular flexibility index (Phi) is 7.11. The lowest BCUT2D eigenvalue weighted by Crippen LogP contribution is -2.37. The summed E-state index contributed by atoms with van der Waals surface area (Å²) < 4.78 is 0. The van der Waals surface area contributed by atoms with Crippen molar-refractivity contribution in [2.75, 3.05) is 13.1 Å². The lowest BCUT2D eigenvalue weighted by molar-refractivity contribution is 0.0894. The molecule has 106 valence electrons. The summed E-state index contributed by atoms with van der Waals surface area (Å²) in [6.07, 6.45) is 3.36. The molecule has 3 heteroatoms. The van der Waals surface area contributed by atoms with Crippen molar-refractivity contribution < 1.29 is 4.79 Å². The van der Waals surface area contributed by atoms with E-state index in [-0.39, 0.29) is 5.78 Å². The third-order valence-corrected chi connectivity index (χ3v) is 3.78. The summed E-state index contributed by atoms with van der Waals surface area (Å²) in [6, 6.07) is 7.60. The second kappa shape index (κ2) is 8.34. The number of rotatable bonds is 8. The van der Waals surface area contributed by atoms with Crippen molar-refractivity contribution in [2.45, 2.75) is 46.1 Å². The number of Topliss-reactive ketones (excluding diaryl/α,β-unsaturated/α-hetero) is 1. The number of ketones is 1. The zero-order chi connectivity index (χ0) is 14.3. The topological polar surface area (TPSA) is 20.3 Å². The Balaban J connectivity index is 2.66. The minimum Gasteiger partial charge on any atom is -0.293 e. The first-order valence-corrected chi connectivity index (χ1v) is 7.49. The zero-order valence-electron chi connectivity index (χ0n) is 12.2. The van der Waals surface area contributed by atoms with Gasteiger partial charge in [-0.2, -0.15) is 0 Å². The Morgan fingerprint density at radius 1 is 1.26 bits per heavy atom. The van der Waals surface area contributed by atoms with Crippen molar-refractivity contribution in [3.8, 4) is 0 Å². The van der Waals surface area contributed by atoms with Crippen LogP contribution in [0.2, 0.25) is 5.02 Å². The molecular formula is C16H24ClNO. The highest BCUT2D eigenvalue weighted by molar-refractivity contribution is 6.30. The number of nitrogens with zero attached hydrogens (tertiary/aromatic N) is 1. The van der Waals surface area contributed by atoms with Crippen LogP contribution >= 0.6 is 11.6 Å². The van der Waals surface area contributed by atoms with Crippen LogP contribution in [0.4, 0.5) is 0 Å². The molecule has 0 aliphatic carbocycles. The van der Waals surface area contributed by atoms with E-state index in [9.17, 15) is 4.79 Å². The van der Waals surface area contributed by atoms with E-state index in [1.807, 2.05) is 0 Å². The first-order valence-electron chi connectivity index (χ1n) is 7.11. The summed E-state index contributed by atoms with van der Waals surface area (Å²) in [5, 5.41) is 0.668. The van der Waals surface area contributed by atoms with Gasteiger partial charge >= 0.3 is 0 Å². The summed E-state index contributed by atoms with van der Waals surface area (Å²) in [5.74, 6) is 0.174. The maximum absolute atomic E-state index is 12.3. The van der Waals surface area contributed by atoms with Crippen LogP contribution in [-0.4, -0.2) is 29.8 Å². The minimum absolute atomic E-state index is 0.174. The Morgan fingerprint density at radius 2 is 1.89 bits per heavy atom. The fourth-order valence-electron chi connectivity index (χ4n) is 1.99. The van der Waals surface area contributed by atoms with E-state index >= 15 is 0 Å². The maximum Gasteiger partial charge on any atom is 0.176 e. The molecule has 0 fully saturated rings. The van der Waals surface area contributed by atoms with Crippen LogP contribution in [0.5, 0.6) is 0 Å². The lowest BCUT2D eigenvalue weighted by Gasteiger charge is -2.27. The van der Waals surface area contributed by atoms with Crippen molar-refractivity contribution >= 4 is 17.4 Å². The van der Waals surface area contributed by atoms with Crippen molar-refractivity contribution in [1.82, 2.24) is 4.90 Å². The van der Waals surface area contributed by atoms with Gasteiger partial charge in [-0.05, 0) is 50.6 Å². The van der Waals surface area contributed by atoms with Crippen LogP contribution in [0.1, 0.15) is 50.4 Å². The van der Waals surface area contributed by atoms with E-state index in [0.717, 1.165) is 31.4 Å². The van der Waals surface area contributed by atoms with Gasteiger partial charge in [0.2, 0.25) is 0 Å². The van der Waals surface area contributed by atoms with Crippen molar-refractivity contribution in [2.24, 2.45) is 0 Å². The highest BCUT2D eigenvalue weighted by Gasteiger charge is 2.16. The van der Waals surface area contributed by atoms with Crippen LogP contribution in [0, 0.1) is 0 Å². The summed E-state index contributed by atoms with van der Waals surface area (Å²) in [7, 11) is 0. The van der Waals surface area contributed by atoms with Crippen molar-refractivity contribution in [3.63, 3.8) is 0 Å². The number of benzene rings is 1. The molecule has 0 radical (unpaired) electrons. The number of hydrogen-bond donors (Lipinski definition) is 0. The summed E-state index contributed by atoms with van der Waals surface area (Å²) in [6.45, 7) is 8.01. The Morgan fingerprint density at radius 3 is 2.42 bits per heavy atom. The van der Waals surface area contributed by atoms with E-state index < -0.39 is 0 Å². The number of carbonyl (C=O) groups is 1. The number of hydrogen-bond acceptors (Lipinski definition) is 2. The standard InChI is InChI=1S/C16H24ClNO/c1-4-6-11-18(13(3)5-2)12-16(19)14-7-9-15(17)10-8-14/h7-10,13H,4-6,11-12H2,1-3H3. The lowest BCUT2D eigenvalue weighted by atomic mass is 10.1. The number of carbonyl (C=O) groups excluding carboxylic acids is 1. The fourth-order valence-corrected chi connectivity index (χ4v) is 2.11. The fraction of sp³-hybridized carbons (Fsp3) is 0.562. The molecule has 0 saturated heterocycles. The number of unbranched alkanes of at least 4 members (excludes halogenated alkanes) is 1. The predicted octanol–water partition coefficient (Wildman–Crippen LogP) is 4.42.